The van der Waals surface area contributed by atoms with E-state index in [1.165, 1.54) is 12.3 Å². The van der Waals surface area contributed by atoms with Crippen LogP contribution in [0.1, 0.15) is 11.7 Å². The first-order valence-corrected chi connectivity index (χ1v) is 4.51. The highest BCUT2D eigenvalue weighted by atomic mass is 16.6. The number of nitro groups is 1. The Hall–Kier alpha value is -2.10. The minimum absolute atomic E-state index is 0.0856. The molecule has 0 spiro atoms. The molecular weight excluding hydrogens is 194 g/mol. The summed E-state index contributed by atoms with van der Waals surface area (Å²) in [5.74, 6) is 0. The maximum Gasteiger partial charge on any atom is 0.276 e. The molecule has 1 atom stereocenters. The Kier molecular flexibility index (Phi) is 2.49. The highest BCUT2D eigenvalue weighted by Gasteiger charge is 2.20. The van der Waals surface area contributed by atoms with E-state index in [-0.39, 0.29) is 11.8 Å². The van der Waals surface area contributed by atoms with Gasteiger partial charge in [0.05, 0.1) is 16.7 Å². The van der Waals surface area contributed by atoms with Crippen molar-refractivity contribution in [1.29, 1.82) is 0 Å². The highest BCUT2D eigenvalue weighted by molar-refractivity contribution is 5.43. The third-order valence-electron chi connectivity index (χ3n) is 2.14. The number of rotatable bonds is 2. The van der Waals surface area contributed by atoms with Gasteiger partial charge in [-0.1, -0.05) is 18.2 Å². The van der Waals surface area contributed by atoms with Crippen LogP contribution in [0.2, 0.25) is 0 Å². The molecule has 4 heteroatoms. The number of hydrogen-bond donors (Lipinski definition) is 0. The zero-order valence-corrected chi connectivity index (χ0v) is 7.87. The van der Waals surface area contributed by atoms with Crippen LogP contribution in [-0.2, 0) is 4.74 Å². The number of benzene rings is 1. The molecule has 1 heterocycles. The van der Waals surface area contributed by atoms with Gasteiger partial charge in [0.15, 0.2) is 0 Å². The van der Waals surface area contributed by atoms with E-state index in [2.05, 4.69) is 0 Å². The lowest BCUT2D eigenvalue weighted by atomic mass is 10.1. The lowest BCUT2D eigenvalue weighted by Crippen LogP contribution is -2.03. The van der Waals surface area contributed by atoms with E-state index in [1.54, 1.807) is 30.4 Å². The quantitative estimate of drug-likeness (QED) is 0.548. The summed E-state index contributed by atoms with van der Waals surface area (Å²) in [4.78, 5) is 10.4. The zero-order valence-electron chi connectivity index (χ0n) is 7.87. The first-order valence-electron chi connectivity index (χ1n) is 4.51. The summed E-state index contributed by atoms with van der Waals surface area (Å²) in [5, 5.41) is 10.8. The third-order valence-corrected chi connectivity index (χ3v) is 2.14. The van der Waals surface area contributed by atoms with Crippen LogP contribution in [0.15, 0.2) is 48.8 Å². The average molecular weight is 203 g/mol. The Morgan fingerprint density at radius 2 is 2.07 bits per heavy atom. The van der Waals surface area contributed by atoms with E-state index in [0.29, 0.717) is 5.56 Å². The average Bonchev–Trinajstić information content (AvgIpc) is 2.30. The van der Waals surface area contributed by atoms with E-state index >= 15 is 0 Å². The maximum absolute atomic E-state index is 10.8. The Morgan fingerprint density at radius 3 is 2.73 bits per heavy atom. The molecule has 2 rings (SSSR count). The fraction of sp³-hybridized carbons (Fsp3) is 0.0909. The van der Waals surface area contributed by atoms with Crippen molar-refractivity contribution in [3.8, 4) is 0 Å². The van der Waals surface area contributed by atoms with Crippen molar-refractivity contribution in [2.24, 2.45) is 0 Å². The topological polar surface area (TPSA) is 52.4 Å². The summed E-state index contributed by atoms with van der Waals surface area (Å²) in [5.41, 5.74) is 0.658. The van der Waals surface area contributed by atoms with Gasteiger partial charge in [-0.15, -0.1) is 0 Å². The largest absolute Gasteiger partial charge is 0.489 e. The van der Waals surface area contributed by atoms with Crippen molar-refractivity contribution in [2.45, 2.75) is 6.10 Å². The Bertz CT molecular complexity index is 437. The van der Waals surface area contributed by atoms with E-state index in [1.807, 2.05) is 6.08 Å². The first kappa shape index (κ1) is 9.45. The number of nitrogens with zero attached hydrogens (tertiary/aromatic N) is 1. The molecule has 15 heavy (non-hydrogen) atoms. The normalized spacial score (nSPS) is 18.5. The van der Waals surface area contributed by atoms with Crippen molar-refractivity contribution >= 4 is 5.69 Å². The summed E-state index contributed by atoms with van der Waals surface area (Å²) in [6.07, 6.45) is 6.50. The van der Waals surface area contributed by atoms with Crippen LogP contribution >= 0.6 is 0 Å². The Balaban J connectivity index is 2.39. The van der Waals surface area contributed by atoms with Gasteiger partial charge in [-0.2, -0.15) is 0 Å². The Labute approximate surface area is 86.6 Å². The monoisotopic (exact) mass is 203 g/mol. The van der Waals surface area contributed by atoms with Crippen LogP contribution in [-0.4, -0.2) is 4.92 Å². The second kappa shape index (κ2) is 3.96. The number of nitro benzene ring substituents is 1. The lowest BCUT2D eigenvalue weighted by molar-refractivity contribution is -0.386. The van der Waals surface area contributed by atoms with Crippen molar-refractivity contribution in [3.05, 3.63) is 64.4 Å². The van der Waals surface area contributed by atoms with Gasteiger partial charge >= 0.3 is 0 Å². The molecule has 0 N–H and O–H groups in total. The van der Waals surface area contributed by atoms with E-state index in [4.69, 9.17) is 4.74 Å². The molecule has 0 amide bonds. The van der Waals surface area contributed by atoms with Crippen LogP contribution in [0.25, 0.3) is 0 Å². The van der Waals surface area contributed by atoms with Crippen molar-refractivity contribution < 1.29 is 9.66 Å². The summed E-state index contributed by atoms with van der Waals surface area (Å²) < 4.78 is 5.28. The minimum atomic E-state index is -0.398. The molecule has 0 saturated heterocycles. The summed E-state index contributed by atoms with van der Waals surface area (Å²) >= 11 is 0. The van der Waals surface area contributed by atoms with Crippen LogP contribution in [0, 0.1) is 10.1 Å². The van der Waals surface area contributed by atoms with Gasteiger partial charge in [0.2, 0.25) is 0 Å². The maximum atomic E-state index is 10.8. The summed E-state index contributed by atoms with van der Waals surface area (Å²) in [7, 11) is 0. The van der Waals surface area contributed by atoms with Crippen LogP contribution in [0.4, 0.5) is 5.69 Å². The standard InChI is InChI=1S/C11H9NO3/c13-12(14)10-6-2-1-5-9(10)11-7-3-4-8-15-11/h1-8,11H. The molecule has 1 aliphatic heterocycles. The molecule has 0 fully saturated rings. The predicted molar refractivity (Wildman–Crippen MR) is 55.2 cm³/mol. The highest BCUT2D eigenvalue weighted by Crippen LogP contribution is 2.29. The van der Waals surface area contributed by atoms with Gasteiger partial charge in [0, 0.05) is 6.07 Å². The van der Waals surface area contributed by atoms with E-state index in [9.17, 15) is 10.1 Å². The zero-order chi connectivity index (χ0) is 10.7. The molecule has 1 aliphatic rings. The fourth-order valence-corrected chi connectivity index (χ4v) is 1.46. The van der Waals surface area contributed by atoms with Crippen molar-refractivity contribution in [1.82, 2.24) is 0 Å². The molecule has 0 aromatic heterocycles. The number of para-hydroxylation sites is 1. The number of hydrogen-bond acceptors (Lipinski definition) is 3. The molecule has 1 aromatic carbocycles. The van der Waals surface area contributed by atoms with Gasteiger partial charge < -0.3 is 4.74 Å². The summed E-state index contributed by atoms with van der Waals surface area (Å²) in [6.45, 7) is 0. The fourth-order valence-electron chi connectivity index (χ4n) is 1.46. The third kappa shape index (κ3) is 1.88. The van der Waals surface area contributed by atoms with Crippen LogP contribution < -0.4 is 0 Å². The summed E-state index contributed by atoms with van der Waals surface area (Å²) in [6, 6.07) is 6.58. The van der Waals surface area contributed by atoms with Crippen LogP contribution in [0.3, 0.4) is 0 Å². The molecule has 76 valence electrons. The molecule has 1 aromatic rings. The van der Waals surface area contributed by atoms with Gasteiger partial charge in [0.1, 0.15) is 6.10 Å². The molecule has 0 aliphatic carbocycles. The molecule has 1 unspecified atom stereocenters. The van der Waals surface area contributed by atoms with Gasteiger partial charge in [-0.25, -0.2) is 0 Å². The number of allylic oxidation sites excluding steroid dienone is 2. The number of ether oxygens (including phenoxy) is 1. The van der Waals surface area contributed by atoms with E-state index in [0.717, 1.165) is 0 Å². The second-order valence-corrected chi connectivity index (χ2v) is 3.09. The Morgan fingerprint density at radius 1 is 1.27 bits per heavy atom. The van der Waals surface area contributed by atoms with Gasteiger partial charge in [-0.05, 0) is 18.2 Å². The molecule has 0 bridgehead atoms. The van der Waals surface area contributed by atoms with Crippen molar-refractivity contribution in [3.63, 3.8) is 0 Å². The van der Waals surface area contributed by atoms with Gasteiger partial charge in [-0.3, -0.25) is 10.1 Å². The minimum Gasteiger partial charge on any atom is -0.489 e. The molecule has 0 saturated carbocycles. The van der Waals surface area contributed by atoms with Gasteiger partial charge in [0.25, 0.3) is 5.69 Å². The van der Waals surface area contributed by atoms with Crippen LogP contribution in [0.5, 0.6) is 0 Å². The molecule has 0 radical (unpaired) electrons. The van der Waals surface area contributed by atoms with Crippen molar-refractivity contribution in [2.75, 3.05) is 0 Å². The second-order valence-electron chi connectivity index (χ2n) is 3.09. The van der Waals surface area contributed by atoms with E-state index < -0.39 is 4.92 Å². The molecule has 4 nitrogen and oxygen atoms in total. The smallest absolute Gasteiger partial charge is 0.276 e. The SMILES string of the molecule is O=[N+]([O-])c1ccccc1C1C=CC=CO1. The predicted octanol–water partition coefficient (Wildman–Crippen LogP) is 2.74. The first-order chi connectivity index (χ1) is 7.29. The molecular formula is C11H9NO3. The lowest BCUT2D eigenvalue weighted by Gasteiger charge is -2.14.